The number of anilines is 1. The first-order valence-electron chi connectivity index (χ1n) is 8.83. The zero-order chi connectivity index (χ0) is 18.7. The van der Waals surface area contributed by atoms with Crippen molar-refractivity contribution in [3.8, 4) is 0 Å². The summed E-state index contributed by atoms with van der Waals surface area (Å²) in [7, 11) is 0. The molecule has 1 aromatic carbocycles. The van der Waals surface area contributed by atoms with Crippen LogP contribution in [0.1, 0.15) is 31.5 Å². The Labute approximate surface area is 181 Å². The van der Waals surface area contributed by atoms with Crippen LogP contribution in [0.4, 0.5) is 10.1 Å². The number of piperazine rings is 1. The van der Waals surface area contributed by atoms with E-state index in [9.17, 15) is 4.39 Å². The maximum atomic E-state index is 13.0. The topological polar surface area (TPSA) is 57.8 Å². The number of rotatable bonds is 3. The highest BCUT2D eigenvalue weighted by atomic mass is 127. The molecule has 0 bridgehead atoms. The van der Waals surface area contributed by atoms with Gasteiger partial charge in [-0.1, -0.05) is 20.8 Å². The summed E-state index contributed by atoms with van der Waals surface area (Å²) in [6, 6.07) is 6.63. The largest absolute Gasteiger partial charge is 0.370 e. The van der Waals surface area contributed by atoms with Gasteiger partial charge in [0.2, 0.25) is 0 Å². The first-order valence-corrected chi connectivity index (χ1v) is 9.71. The van der Waals surface area contributed by atoms with Crippen molar-refractivity contribution in [2.75, 3.05) is 31.1 Å². The summed E-state index contributed by atoms with van der Waals surface area (Å²) in [6.07, 6.45) is 0. The minimum absolute atomic E-state index is 0. The third-order valence-electron chi connectivity index (χ3n) is 4.49. The van der Waals surface area contributed by atoms with E-state index in [1.807, 2.05) is 12.1 Å². The van der Waals surface area contributed by atoms with Crippen LogP contribution in [0.3, 0.4) is 0 Å². The molecule has 1 aliphatic heterocycles. The molecule has 0 unspecified atom stereocenters. The third-order valence-corrected chi connectivity index (χ3v) is 5.33. The molecule has 2 aromatic rings. The number of hydrogen-bond donors (Lipinski definition) is 1. The van der Waals surface area contributed by atoms with E-state index in [1.54, 1.807) is 11.3 Å². The minimum Gasteiger partial charge on any atom is -0.370 e. The maximum absolute atomic E-state index is 13.0. The van der Waals surface area contributed by atoms with Gasteiger partial charge in [-0.3, -0.25) is 0 Å². The molecular weight excluding hydrogens is 476 g/mol. The van der Waals surface area contributed by atoms with E-state index in [0.29, 0.717) is 12.5 Å². The Kier molecular flexibility index (Phi) is 7.44. The average molecular weight is 503 g/mol. The SMILES string of the molecule is CC(C)(C)c1csc(CN=C(N)N2CCN(c3ccc(F)cc3)CC2)n1.I. The lowest BCUT2D eigenvalue weighted by Gasteiger charge is -2.36. The fraction of sp³-hybridized carbons (Fsp3) is 0.474. The van der Waals surface area contributed by atoms with Gasteiger partial charge in [0.05, 0.1) is 12.2 Å². The zero-order valence-electron chi connectivity index (χ0n) is 16.0. The van der Waals surface area contributed by atoms with E-state index in [4.69, 9.17) is 5.73 Å². The lowest BCUT2D eigenvalue weighted by Crippen LogP contribution is -2.51. The van der Waals surface area contributed by atoms with Gasteiger partial charge >= 0.3 is 0 Å². The van der Waals surface area contributed by atoms with Gasteiger partial charge in [0, 0.05) is 42.7 Å². The molecule has 1 aromatic heterocycles. The molecule has 1 saturated heterocycles. The van der Waals surface area contributed by atoms with Crippen molar-refractivity contribution in [3.63, 3.8) is 0 Å². The van der Waals surface area contributed by atoms with Gasteiger partial charge in [-0.15, -0.1) is 35.3 Å². The minimum atomic E-state index is -0.208. The van der Waals surface area contributed by atoms with E-state index < -0.39 is 0 Å². The standard InChI is InChI=1S/C19H26FN5S.HI/c1-19(2,3)16-13-26-17(23-16)12-22-18(21)25-10-8-24(9-11-25)15-6-4-14(20)5-7-15;/h4-7,13H,8-12H2,1-3H3,(H2,21,22);1H. The van der Waals surface area contributed by atoms with Crippen molar-refractivity contribution >= 4 is 47.0 Å². The van der Waals surface area contributed by atoms with Crippen LogP contribution in [0, 0.1) is 5.82 Å². The van der Waals surface area contributed by atoms with Gasteiger partial charge in [0.15, 0.2) is 5.96 Å². The van der Waals surface area contributed by atoms with Gasteiger partial charge in [-0.05, 0) is 24.3 Å². The molecule has 1 fully saturated rings. The summed E-state index contributed by atoms with van der Waals surface area (Å²) in [5.41, 5.74) is 8.37. The fourth-order valence-electron chi connectivity index (χ4n) is 2.82. The molecule has 0 saturated carbocycles. The first kappa shape index (κ1) is 21.9. The number of nitrogens with zero attached hydrogens (tertiary/aromatic N) is 4. The number of aliphatic imine (C=N–C) groups is 1. The van der Waals surface area contributed by atoms with E-state index in [1.165, 1.54) is 12.1 Å². The lowest BCUT2D eigenvalue weighted by molar-refractivity contribution is 0.380. The van der Waals surface area contributed by atoms with Crippen LogP contribution in [-0.2, 0) is 12.0 Å². The number of aromatic nitrogens is 1. The summed E-state index contributed by atoms with van der Waals surface area (Å²) in [5.74, 6) is 0.358. The Morgan fingerprint density at radius 2 is 1.81 bits per heavy atom. The van der Waals surface area contributed by atoms with Crippen molar-refractivity contribution in [3.05, 3.63) is 46.2 Å². The first-order chi connectivity index (χ1) is 12.3. The highest BCUT2D eigenvalue weighted by Crippen LogP contribution is 2.24. The Morgan fingerprint density at radius 1 is 1.19 bits per heavy atom. The van der Waals surface area contributed by atoms with Crippen molar-refractivity contribution in [2.45, 2.75) is 32.7 Å². The Morgan fingerprint density at radius 3 is 2.37 bits per heavy atom. The third kappa shape index (κ3) is 5.78. The molecule has 27 heavy (non-hydrogen) atoms. The Balaban J connectivity index is 0.00000261. The van der Waals surface area contributed by atoms with E-state index >= 15 is 0 Å². The molecule has 3 rings (SSSR count). The van der Waals surface area contributed by atoms with Gasteiger partial charge in [-0.25, -0.2) is 14.4 Å². The smallest absolute Gasteiger partial charge is 0.191 e. The summed E-state index contributed by atoms with van der Waals surface area (Å²) in [4.78, 5) is 13.5. The lowest BCUT2D eigenvalue weighted by atomic mass is 9.93. The second kappa shape index (κ2) is 9.18. The Bertz CT molecular complexity index is 761. The highest BCUT2D eigenvalue weighted by Gasteiger charge is 2.19. The van der Waals surface area contributed by atoms with Crippen LogP contribution in [0.5, 0.6) is 0 Å². The molecule has 1 aliphatic rings. The second-order valence-corrected chi connectivity index (χ2v) is 8.44. The number of thiazole rings is 1. The van der Waals surface area contributed by atoms with Crippen LogP contribution in [-0.4, -0.2) is 42.0 Å². The zero-order valence-corrected chi connectivity index (χ0v) is 19.1. The predicted octanol–water partition coefficient (Wildman–Crippen LogP) is 3.83. The molecule has 8 heteroatoms. The van der Waals surface area contributed by atoms with Crippen LogP contribution in [0.25, 0.3) is 0 Å². The number of benzene rings is 1. The molecule has 0 atom stereocenters. The normalized spacial score (nSPS) is 15.6. The summed E-state index contributed by atoms with van der Waals surface area (Å²) in [5, 5.41) is 3.09. The van der Waals surface area contributed by atoms with Crippen molar-refractivity contribution in [1.29, 1.82) is 0 Å². The van der Waals surface area contributed by atoms with Crippen LogP contribution >= 0.6 is 35.3 Å². The van der Waals surface area contributed by atoms with Crippen molar-refractivity contribution < 1.29 is 4.39 Å². The second-order valence-electron chi connectivity index (χ2n) is 7.50. The summed E-state index contributed by atoms with van der Waals surface area (Å²) < 4.78 is 13.0. The molecule has 0 aliphatic carbocycles. The number of halogens is 2. The number of hydrogen-bond acceptors (Lipinski definition) is 4. The number of guanidine groups is 1. The molecular formula is C19H27FIN5S. The Hall–Kier alpha value is -1.42. The van der Waals surface area contributed by atoms with Gasteiger partial charge in [0.25, 0.3) is 0 Å². The summed E-state index contributed by atoms with van der Waals surface area (Å²) >= 11 is 1.63. The molecule has 2 heterocycles. The molecule has 0 radical (unpaired) electrons. The monoisotopic (exact) mass is 503 g/mol. The van der Waals surface area contributed by atoms with Crippen molar-refractivity contribution in [1.82, 2.24) is 9.88 Å². The fourth-order valence-corrected chi connectivity index (χ4v) is 3.77. The molecule has 0 amide bonds. The molecule has 2 N–H and O–H groups in total. The maximum Gasteiger partial charge on any atom is 0.191 e. The van der Waals surface area contributed by atoms with Gasteiger partial charge in [0.1, 0.15) is 10.8 Å². The van der Waals surface area contributed by atoms with Crippen LogP contribution in [0.2, 0.25) is 0 Å². The summed E-state index contributed by atoms with van der Waals surface area (Å²) in [6.45, 7) is 10.3. The average Bonchev–Trinajstić information content (AvgIpc) is 3.10. The van der Waals surface area contributed by atoms with E-state index in [0.717, 1.165) is 42.6 Å². The van der Waals surface area contributed by atoms with Gasteiger partial charge in [-0.2, -0.15) is 0 Å². The molecule has 148 valence electrons. The quantitative estimate of drug-likeness (QED) is 0.393. The number of nitrogens with two attached hydrogens (primary N) is 1. The van der Waals surface area contributed by atoms with Crippen LogP contribution in [0.15, 0.2) is 34.6 Å². The van der Waals surface area contributed by atoms with E-state index in [-0.39, 0.29) is 35.2 Å². The molecule has 5 nitrogen and oxygen atoms in total. The predicted molar refractivity (Wildman–Crippen MR) is 122 cm³/mol. The van der Waals surface area contributed by atoms with Crippen molar-refractivity contribution in [2.24, 2.45) is 10.7 Å². The van der Waals surface area contributed by atoms with Crippen LogP contribution < -0.4 is 10.6 Å². The molecule has 0 spiro atoms. The van der Waals surface area contributed by atoms with E-state index in [2.05, 4.69) is 45.9 Å². The van der Waals surface area contributed by atoms with Gasteiger partial charge < -0.3 is 15.5 Å². The highest BCUT2D eigenvalue weighted by molar-refractivity contribution is 14.0.